The summed E-state index contributed by atoms with van der Waals surface area (Å²) in [5.74, 6) is 0.738. The van der Waals surface area contributed by atoms with E-state index in [0.29, 0.717) is 11.4 Å². The first kappa shape index (κ1) is 14.9. The summed E-state index contributed by atoms with van der Waals surface area (Å²) in [6.07, 6.45) is 0. The van der Waals surface area contributed by atoms with Gasteiger partial charge in [0.2, 0.25) is 15.8 Å². The minimum Gasteiger partial charge on any atom is -0.334 e. The van der Waals surface area contributed by atoms with E-state index >= 15 is 0 Å². The molecule has 0 unspecified atom stereocenters. The number of aryl methyl sites for hydroxylation is 1. The van der Waals surface area contributed by atoms with Gasteiger partial charge in [-0.15, -0.1) is 0 Å². The van der Waals surface area contributed by atoms with Gasteiger partial charge in [-0.2, -0.15) is 16.3 Å². The van der Waals surface area contributed by atoms with Crippen LogP contribution in [0.4, 0.5) is 0 Å². The number of nitrogens with zero attached hydrogens (tertiary/aromatic N) is 2. The Bertz CT molecular complexity index is 928. The van der Waals surface area contributed by atoms with Crippen LogP contribution in [0.15, 0.2) is 38.4 Å². The molecule has 114 valence electrons. The van der Waals surface area contributed by atoms with Crippen molar-refractivity contribution in [2.75, 3.05) is 0 Å². The fraction of sp³-hybridized carbons (Fsp3) is 0.143. The van der Waals surface area contributed by atoms with Crippen molar-refractivity contribution >= 4 is 21.4 Å². The monoisotopic (exact) mass is 335 g/mol. The zero-order chi connectivity index (χ0) is 15.9. The van der Waals surface area contributed by atoms with E-state index < -0.39 is 10.0 Å². The van der Waals surface area contributed by atoms with Gasteiger partial charge >= 0.3 is 0 Å². The average molecular weight is 335 g/mol. The highest BCUT2D eigenvalue weighted by Crippen LogP contribution is 2.29. The Morgan fingerprint density at radius 2 is 2.05 bits per heavy atom. The molecule has 0 radical (unpaired) electrons. The van der Waals surface area contributed by atoms with E-state index in [2.05, 4.69) is 10.1 Å². The van der Waals surface area contributed by atoms with Crippen molar-refractivity contribution in [3.63, 3.8) is 0 Å². The van der Waals surface area contributed by atoms with E-state index in [4.69, 9.17) is 9.66 Å². The fourth-order valence-electron chi connectivity index (χ4n) is 2.05. The molecule has 0 bridgehead atoms. The van der Waals surface area contributed by atoms with Gasteiger partial charge < -0.3 is 4.52 Å². The van der Waals surface area contributed by atoms with Crippen LogP contribution < -0.4 is 5.14 Å². The van der Waals surface area contributed by atoms with Gasteiger partial charge in [0.15, 0.2) is 0 Å². The number of primary sulfonamides is 1. The molecule has 22 heavy (non-hydrogen) atoms. The number of aromatic nitrogens is 2. The van der Waals surface area contributed by atoms with Crippen LogP contribution in [-0.4, -0.2) is 18.6 Å². The maximum absolute atomic E-state index is 11.6. The van der Waals surface area contributed by atoms with E-state index in [1.54, 1.807) is 0 Å². The molecule has 2 aromatic heterocycles. The first-order valence-electron chi connectivity index (χ1n) is 6.37. The predicted molar refractivity (Wildman–Crippen MR) is 83.9 cm³/mol. The number of sulfonamides is 1. The minimum atomic E-state index is -3.80. The van der Waals surface area contributed by atoms with Crippen molar-refractivity contribution in [1.82, 2.24) is 10.1 Å². The lowest BCUT2D eigenvalue weighted by molar-refractivity contribution is 0.432. The molecule has 0 aliphatic carbocycles. The summed E-state index contributed by atoms with van der Waals surface area (Å²) in [7, 11) is -3.80. The number of hydrogen-bond acceptors (Lipinski definition) is 6. The number of thiophene rings is 1. The van der Waals surface area contributed by atoms with Gasteiger partial charge in [0, 0.05) is 16.5 Å². The normalized spacial score (nSPS) is 11.8. The van der Waals surface area contributed by atoms with Crippen molar-refractivity contribution in [3.8, 4) is 22.8 Å². The predicted octanol–water partition coefficient (Wildman–Crippen LogP) is 2.73. The Labute approximate surface area is 131 Å². The summed E-state index contributed by atoms with van der Waals surface area (Å²) in [5, 5.41) is 13.0. The zero-order valence-corrected chi connectivity index (χ0v) is 13.5. The Kier molecular flexibility index (Phi) is 3.59. The fourth-order valence-corrected chi connectivity index (χ4v) is 3.31. The van der Waals surface area contributed by atoms with E-state index in [1.165, 1.54) is 23.5 Å². The summed E-state index contributed by atoms with van der Waals surface area (Å²) in [6, 6.07) is 4.88. The lowest BCUT2D eigenvalue weighted by atomic mass is 10.0. The molecule has 1 aromatic carbocycles. The third kappa shape index (κ3) is 2.68. The Morgan fingerprint density at radius 1 is 1.27 bits per heavy atom. The van der Waals surface area contributed by atoms with E-state index in [0.717, 1.165) is 16.7 Å². The lowest BCUT2D eigenvalue weighted by Gasteiger charge is -2.08. The van der Waals surface area contributed by atoms with E-state index in [9.17, 15) is 8.42 Å². The van der Waals surface area contributed by atoms with Crippen LogP contribution in [0, 0.1) is 13.8 Å². The van der Waals surface area contributed by atoms with Crippen molar-refractivity contribution in [3.05, 3.63) is 40.1 Å². The van der Waals surface area contributed by atoms with Crippen molar-refractivity contribution in [1.29, 1.82) is 0 Å². The quantitative estimate of drug-likeness (QED) is 0.793. The van der Waals surface area contributed by atoms with Gasteiger partial charge in [0.1, 0.15) is 0 Å². The van der Waals surface area contributed by atoms with Crippen molar-refractivity contribution in [2.45, 2.75) is 18.7 Å². The maximum atomic E-state index is 11.6. The third-order valence-corrected chi connectivity index (χ3v) is 4.98. The molecule has 8 heteroatoms. The maximum Gasteiger partial charge on any atom is 0.258 e. The van der Waals surface area contributed by atoms with Gasteiger partial charge in [0.05, 0.1) is 4.90 Å². The third-order valence-electron chi connectivity index (χ3n) is 3.41. The van der Waals surface area contributed by atoms with E-state index in [1.807, 2.05) is 30.7 Å². The number of hydrogen-bond donors (Lipinski definition) is 1. The highest BCUT2D eigenvalue weighted by Gasteiger charge is 2.18. The second-order valence-electron chi connectivity index (χ2n) is 4.89. The number of nitrogens with two attached hydrogens (primary N) is 1. The van der Waals surface area contributed by atoms with Crippen molar-refractivity contribution < 1.29 is 12.9 Å². The summed E-state index contributed by atoms with van der Waals surface area (Å²) in [6.45, 7) is 3.68. The molecule has 0 spiro atoms. The SMILES string of the molecule is Cc1cc(S(N)(=O)=O)cc(-c2nc(-c3ccsc3)no2)c1C. The largest absolute Gasteiger partial charge is 0.334 e. The Balaban J connectivity index is 2.14. The van der Waals surface area contributed by atoms with Gasteiger partial charge in [-0.1, -0.05) is 5.16 Å². The molecular weight excluding hydrogens is 322 g/mol. The smallest absolute Gasteiger partial charge is 0.258 e. The average Bonchev–Trinajstić information content (AvgIpc) is 3.09. The molecule has 0 saturated carbocycles. The van der Waals surface area contributed by atoms with Gasteiger partial charge in [-0.05, 0) is 48.6 Å². The summed E-state index contributed by atoms with van der Waals surface area (Å²) in [4.78, 5) is 4.37. The standard InChI is InChI=1S/C14H13N3O3S2/c1-8-5-11(22(15,18)19)6-12(9(8)2)14-16-13(17-20-14)10-3-4-21-7-10/h3-7H,1-2H3,(H2,15,18,19). The number of rotatable bonds is 3. The second-order valence-corrected chi connectivity index (χ2v) is 7.23. The second kappa shape index (κ2) is 5.31. The molecule has 0 fully saturated rings. The topological polar surface area (TPSA) is 99.1 Å². The molecule has 0 atom stereocenters. The molecule has 2 N–H and O–H groups in total. The van der Waals surface area contributed by atoms with Crippen LogP contribution >= 0.6 is 11.3 Å². The van der Waals surface area contributed by atoms with E-state index in [-0.39, 0.29) is 10.8 Å². The highest BCUT2D eigenvalue weighted by molar-refractivity contribution is 7.89. The van der Waals surface area contributed by atoms with Gasteiger partial charge in [-0.3, -0.25) is 0 Å². The molecule has 0 saturated heterocycles. The number of benzene rings is 1. The van der Waals surface area contributed by atoms with Gasteiger partial charge in [-0.25, -0.2) is 13.6 Å². The van der Waals surface area contributed by atoms with Crippen LogP contribution in [-0.2, 0) is 10.0 Å². The first-order valence-corrected chi connectivity index (χ1v) is 8.86. The molecule has 0 amide bonds. The minimum absolute atomic E-state index is 0.0286. The van der Waals surface area contributed by atoms with Crippen LogP contribution in [0.25, 0.3) is 22.8 Å². The summed E-state index contributed by atoms with van der Waals surface area (Å²) < 4.78 is 28.5. The molecular formula is C14H13N3O3S2. The Hall–Kier alpha value is -2.03. The molecule has 0 aliphatic rings. The molecule has 0 aliphatic heterocycles. The first-order chi connectivity index (χ1) is 10.4. The highest BCUT2D eigenvalue weighted by atomic mass is 32.2. The molecule has 3 rings (SSSR count). The van der Waals surface area contributed by atoms with Crippen LogP contribution in [0.2, 0.25) is 0 Å². The molecule has 6 nitrogen and oxygen atoms in total. The molecule has 2 heterocycles. The van der Waals surface area contributed by atoms with Crippen LogP contribution in [0.3, 0.4) is 0 Å². The van der Waals surface area contributed by atoms with Gasteiger partial charge in [0.25, 0.3) is 5.89 Å². The summed E-state index contributed by atoms with van der Waals surface area (Å²) >= 11 is 1.53. The van der Waals surface area contributed by atoms with Crippen LogP contribution in [0.5, 0.6) is 0 Å². The van der Waals surface area contributed by atoms with Crippen molar-refractivity contribution in [2.24, 2.45) is 5.14 Å². The lowest BCUT2D eigenvalue weighted by Crippen LogP contribution is -2.12. The summed E-state index contributed by atoms with van der Waals surface area (Å²) in [5.41, 5.74) is 3.08. The molecule has 3 aromatic rings. The van der Waals surface area contributed by atoms with Crippen LogP contribution in [0.1, 0.15) is 11.1 Å². The Morgan fingerprint density at radius 3 is 2.68 bits per heavy atom. The zero-order valence-electron chi connectivity index (χ0n) is 11.9.